The Hall–Kier alpha value is -2.45. The second-order valence-electron chi connectivity index (χ2n) is 7.59. The summed E-state index contributed by atoms with van der Waals surface area (Å²) < 4.78 is 1.74. The third-order valence-electron chi connectivity index (χ3n) is 5.29. The molecule has 6 nitrogen and oxygen atoms in total. The fourth-order valence-electron chi connectivity index (χ4n) is 3.66. The van der Waals surface area contributed by atoms with Crippen LogP contribution in [0, 0.1) is 0 Å². The molecule has 0 N–H and O–H groups in total. The Morgan fingerprint density at radius 3 is 2.79 bits per heavy atom. The number of hydrogen-bond donors (Lipinski definition) is 0. The van der Waals surface area contributed by atoms with Gasteiger partial charge >= 0.3 is 0 Å². The number of hydrogen-bond acceptors (Lipinski definition) is 7. The number of anilines is 1. The number of thiophene rings is 1. The summed E-state index contributed by atoms with van der Waals surface area (Å²) in [7, 11) is 2.02. The van der Waals surface area contributed by atoms with Crippen molar-refractivity contribution in [2.24, 2.45) is 0 Å². The summed E-state index contributed by atoms with van der Waals surface area (Å²) in [6, 6.07) is 12.4. The third-order valence-corrected chi connectivity index (χ3v) is 7.24. The predicted octanol–water partition coefficient (Wildman–Crippen LogP) is 4.14. The van der Waals surface area contributed by atoms with Crippen LogP contribution < -0.4 is 4.90 Å². The van der Waals surface area contributed by atoms with Crippen molar-refractivity contribution < 1.29 is 4.79 Å². The minimum atomic E-state index is -0.288. The van der Waals surface area contributed by atoms with Gasteiger partial charge in [-0.2, -0.15) is 0 Å². The number of nitrogens with zero attached hydrogens (tertiary/aromatic N) is 5. The molecule has 3 heterocycles. The minimum absolute atomic E-state index is 0.0587. The minimum Gasteiger partial charge on any atom is -0.347 e. The van der Waals surface area contributed by atoms with Crippen molar-refractivity contribution in [3.8, 4) is 0 Å². The Morgan fingerprint density at radius 2 is 2.07 bits per heavy atom. The number of likely N-dealkylation sites (N-methyl/N-ethyl adjacent to an activating group) is 1. The summed E-state index contributed by atoms with van der Waals surface area (Å²) in [6.45, 7) is 6.84. The summed E-state index contributed by atoms with van der Waals surface area (Å²) in [4.78, 5) is 16.3. The molecule has 0 bridgehead atoms. The van der Waals surface area contributed by atoms with Gasteiger partial charge in [-0.25, -0.2) is 4.68 Å². The van der Waals surface area contributed by atoms with Crippen LogP contribution in [0.3, 0.4) is 0 Å². The average Bonchev–Trinajstić information content (AvgIpc) is 3.41. The van der Waals surface area contributed by atoms with Gasteiger partial charge in [-0.3, -0.25) is 4.79 Å². The molecule has 0 spiro atoms. The first-order valence-electron chi connectivity index (χ1n) is 9.42. The van der Waals surface area contributed by atoms with Gasteiger partial charge in [0.2, 0.25) is 5.16 Å². The molecule has 29 heavy (non-hydrogen) atoms. The number of thioether (sulfide) groups is 1. The van der Waals surface area contributed by atoms with Crippen molar-refractivity contribution in [3.05, 3.63) is 64.0 Å². The molecule has 0 amide bonds. The first-order valence-corrected chi connectivity index (χ1v) is 11.2. The average molecular weight is 426 g/mol. The predicted molar refractivity (Wildman–Crippen MR) is 118 cm³/mol. The van der Waals surface area contributed by atoms with Gasteiger partial charge in [0.05, 0.1) is 11.8 Å². The van der Waals surface area contributed by atoms with E-state index in [0.717, 1.165) is 11.4 Å². The number of rotatable bonds is 6. The Morgan fingerprint density at radius 1 is 1.28 bits per heavy atom. The van der Waals surface area contributed by atoms with Gasteiger partial charge in [0.15, 0.2) is 5.78 Å². The molecule has 1 atom stereocenters. The van der Waals surface area contributed by atoms with Crippen LogP contribution in [-0.2, 0) is 16.8 Å². The lowest BCUT2D eigenvalue weighted by Crippen LogP contribution is -2.25. The lowest BCUT2D eigenvalue weighted by molar-refractivity contribution is -0.114. The Kier molecular flexibility index (Phi) is 5.31. The van der Waals surface area contributed by atoms with Gasteiger partial charge in [0.25, 0.3) is 0 Å². The highest BCUT2D eigenvalue weighted by molar-refractivity contribution is 8.00. The van der Waals surface area contributed by atoms with Crippen molar-refractivity contribution in [1.29, 1.82) is 0 Å². The molecule has 1 aromatic carbocycles. The smallest absolute Gasteiger partial charge is 0.210 e. The van der Waals surface area contributed by atoms with E-state index in [-0.39, 0.29) is 16.4 Å². The molecular weight excluding hydrogens is 402 g/mol. The van der Waals surface area contributed by atoms with E-state index in [1.807, 2.05) is 37.6 Å². The number of para-hydroxylation sites is 1. The molecule has 1 unspecified atom stereocenters. The van der Waals surface area contributed by atoms with Crippen LogP contribution in [0.1, 0.15) is 31.2 Å². The van der Waals surface area contributed by atoms with E-state index >= 15 is 0 Å². The molecule has 1 aliphatic heterocycles. The highest BCUT2D eigenvalue weighted by Crippen LogP contribution is 2.46. The molecule has 4 rings (SSSR count). The second-order valence-corrected chi connectivity index (χ2v) is 9.93. The number of tetrazole rings is 1. The molecule has 0 aliphatic carbocycles. The fourth-order valence-corrected chi connectivity index (χ4v) is 5.15. The van der Waals surface area contributed by atoms with Crippen molar-refractivity contribution in [3.63, 3.8) is 0 Å². The van der Waals surface area contributed by atoms with Crippen LogP contribution in [0.5, 0.6) is 0 Å². The molecule has 8 heteroatoms. The maximum absolute atomic E-state index is 13.0. The van der Waals surface area contributed by atoms with Crippen LogP contribution in [0.15, 0.2) is 58.7 Å². The molecule has 1 aliphatic rings. The number of benzene rings is 1. The number of carbonyl (C=O) groups is 1. The maximum atomic E-state index is 13.0. The van der Waals surface area contributed by atoms with Crippen LogP contribution in [0.25, 0.3) is 0 Å². The van der Waals surface area contributed by atoms with Crippen molar-refractivity contribution in [2.75, 3.05) is 11.9 Å². The molecule has 0 radical (unpaired) electrons. The van der Waals surface area contributed by atoms with E-state index in [1.54, 1.807) is 22.1 Å². The summed E-state index contributed by atoms with van der Waals surface area (Å²) in [5.74, 6) is 0.0587. The SMILES string of the molecule is CC(Sc1nnnn1Cc1cccs1)C(=O)/C=C1/N(C)c2ccccc2C1(C)C. The van der Waals surface area contributed by atoms with Gasteiger partial charge in [-0.1, -0.05) is 49.9 Å². The number of ketones is 1. The lowest BCUT2D eigenvalue weighted by Gasteiger charge is -2.24. The van der Waals surface area contributed by atoms with Crippen LogP contribution in [-0.4, -0.2) is 38.3 Å². The van der Waals surface area contributed by atoms with Gasteiger partial charge in [-0.15, -0.1) is 16.4 Å². The monoisotopic (exact) mass is 425 g/mol. The molecule has 3 aromatic rings. The molecule has 150 valence electrons. The number of fused-ring (bicyclic) bond motifs is 1. The topological polar surface area (TPSA) is 63.9 Å². The first-order chi connectivity index (χ1) is 13.9. The molecule has 0 saturated heterocycles. The van der Waals surface area contributed by atoms with Crippen molar-refractivity contribution >= 4 is 34.6 Å². The second kappa shape index (κ2) is 7.76. The Bertz CT molecular complexity index is 1050. The largest absolute Gasteiger partial charge is 0.347 e. The van der Waals surface area contributed by atoms with E-state index in [1.165, 1.54) is 22.2 Å². The zero-order valence-electron chi connectivity index (χ0n) is 16.9. The van der Waals surface area contributed by atoms with E-state index in [0.29, 0.717) is 11.7 Å². The van der Waals surface area contributed by atoms with Gasteiger partial charge < -0.3 is 4.90 Å². The van der Waals surface area contributed by atoms with Crippen LogP contribution in [0.2, 0.25) is 0 Å². The maximum Gasteiger partial charge on any atom is 0.210 e. The van der Waals surface area contributed by atoms with Gasteiger partial charge in [0, 0.05) is 34.8 Å². The molecule has 0 saturated carbocycles. The quantitative estimate of drug-likeness (QED) is 0.437. The zero-order valence-corrected chi connectivity index (χ0v) is 18.5. The van der Waals surface area contributed by atoms with Crippen molar-refractivity contribution in [1.82, 2.24) is 20.2 Å². The van der Waals surface area contributed by atoms with Crippen LogP contribution in [0.4, 0.5) is 5.69 Å². The van der Waals surface area contributed by atoms with E-state index in [9.17, 15) is 4.79 Å². The summed E-state index contributed by atoms with van der Waals surface area (Å²) in [5, 5.41) is 14.4. The van der Waals surface area contributed by atoms with E-state index in [4.69, 9.17) is 0 Å². The van der Waals surface area contributed by atoms with Crippen LogP contribution >= 0.6 is 23.1 Å². The highest BCUT2D eigenvalue weighted by atomic mass is 32.2. The first kappa shape index (κ1) is 19.8. The summed E-state index contributed by atoms with van der Waals surface area (Å²) >= 11 is 3.06. The Labute approximate surface area is 178 Å². The van der Waals surface area contributed by atoms with E-state index < -0.39 is 0 Å². The molecular formula is C21H23N5OS2. The number of carbonyl (C=O) groups excluding carboxylic acids is 1. The lowest BCUT2D eigenvalue weighted by atomic mass is 9.83. The Balaban J connectivity index is 1.52. The third kappa shape index (κ3) is 3.74. The van der Waals surface area contributed by atoms with Gasteiger partial charge in [-0.05, 0) is 40.4 Å². The normalized spacial score (nSPS) is 17.5. The zero-order chi connectivity index (χ0) is 20.6. The fraction of sp³-hybridized carbons (Fsp3) is 0.333. The number of allylic oxidation sites excluding steroid dienone is 2. The van der Waals surface area contributed by atoms with Crippen molar-refractivity contribution in [2.45, 2.75) is 43.1 Å². The van der Waals surface area contributed by atoms with E-state index in [2.05, 4.69) is 52.5 Å². The molecule has 2 aromatic heterocycles. The summed E-state index contributed by atoms with van der Waals surface area (Å²) in [6.07, 6.45) is 1.78. The number of aromatic nitrogens is 4. The highest BCUT2D eigenvalue weighted by Gasteiger charge is 2.38. The molecule has 0 fully saturated rings. The van der Waals surface area contributed by atoms with Gasteiger partial charge in [0.1, 0.15) is 0 Å². The standard InChI is InChI=1S/C21H23N5OS2/c1-14(29-20-22-23-24-26(20)13-15-8-7-11-28-15)18(27)12-19-21(2,3)16-9-5-6-10-17(16)25(19)4/h5-12,14H,13H2,1-4H3/b19-12+. The summed E-state index contributed by atoms with van der Waals surface area (Å²) in [5.41, 5.74) is 3.18.